The standard InChI is InChI=1S/C16H16N2O4/c1-18(10-13-4-3-7-21-13)16(19)11-22-14-6-5-12(9-17)8-15(14)20-2/h3-8H,10-11H2,1-2H3. The van der Waals surface area contributed by atoms with Crippen LogP contribution in [0.2, 0.25) is 0 Å². The van der Waals surface area contributed by atoms with Gasteiger partial charge in [-0.25, -0.2) is 0 Å². The lowest BCUT2D eigenvalue weighted by Crippen LogP contribution is -2.30. The predicted molar refractivity (Wildman–Crippen MR) is 78.4 cm³/mol. The number of nitrogens with zero attached hydrogens (tertiary/aromatic N) is 2. The third-order valence-electron chi connectivity index (χ3n) is 3.04. The van der Waals surface area contributed by atoms with Gasteiger partial charge in [-0.3, -0.25) is 4.79 Å². The van der Waals surface area contributed by atoms with Crippen molar-refractivity contribution in [3.8, 4) is 17.6 Å². The number of ether oxygens (including phenoxy) is 2. The molecule has 0 fully saturated rings. The van der Waals surface area contributed by atoms with Gasteiger partial charge in [-0.1, -0.05) is 0 Å². The Morgan fingerprint density at radius 2 is 2.18 bits per heavy atom. The largest absolute Gasteiger partial charge is 0.493 e. The number of furan rings is 1. The van der Waals surface area contributed by atoms with Crippen LogP contribution in [0.25, 0.3) is 0 Å². The molecule has 22 heavy (non-hydrogen) atoms. The highest BCUT2D eigenvalue weighted by atomic mass is 16.5. The summed E-state index contributed by atoms with van der Waals surface area (Å²) in [4.78, 5) is 13.5. The highest BCUT2D eigenvalue weighted by molar-refractivity contribution is 5.77. The van der Waals surface area contributed by atoms with Gasteiger partial charge >= 0.3 is 0 Å². The second kappa shape index (κ2) is 7.18. The van der Waals surface area contributed by atoms with E-state index in [1.165, 1.54) is 12.0 Å². The Bertz CT molecular complexity index is 674. The fourth-order valence-corrected chi connectivity index (χ4v) is 1.83. The van der Waals surface area contributed by atoms with Gasteiger partial charge in [0.25, 0.3) is 5.91 Å². The van der Waals surface area contributed by atoms with Gasteiger partial charge in [0, 0.05) is 13.1 Å². The summed E-state index contributed by atoms with van der Waals surface area (Å²) in [5, 5.41) is 8.85. The van der Waals surface area contributed by atoms with Crippen LogP contribution in [-0.4, -0.2) is 31.6 Å². The molecule has 114 valence electrons. The van der Waals surface area contributed by atoms with Crippen LogP contribution in [-0.2, 0) is 11.3 Å². The molecule has 1 aromatic carbocycles. The maximum Gasteiger partial charge on any atom is 0.260 e. The van der Waals surface area contributed by atoms with E-state index in [1.807, 2.05) is 6.07 Å². The van der Waals surface area contributed by atoms with Crippen molar-refractivity contribution in [3.63, 3.8) is 0 Å². The molecular formula is C16H16N2O4. The molecule has 2 rings (SSSR count). The second-order valence-electron chi connectivity index (χ2n) is 4.60. The molecule has 6 heteroatoms. The first-order chi connectivity index (χ1) is 10.6. The number of hydrogen-bond acceptors (Lipinski definition) is 5. The van der Waals surface area contributed by atoms with E-state index in [-0.39, 0.29) is 12.5 Å². The van der Waals surface area contributed by atoms with Gasteiger partial charge in [-0.15, -0.1) is 0 Å². The molecular weight excluding hydrogens is 284 g/mol. The lowest BCUT2D eigenvalue weighted by molar-refractivity contribution is -0.132. The molecule has 0 bridgehead atoms. The van der Waals surface area contributed by atoms with Crippen LogP contribution in [0, 0.1) is 11.3 Å². The zero-order chi connectivity index (χ0) is 15.9. The molecule has 0 atom stereocenters. The summed E-state index contributed by atoms with van der Waals surface area (Å²) in [6.07, 6.45) is 1.56. The topological polar surface area (TPSA) is 75.7 Å². The lowest BCUT2D eigenvalue weighted by Gasteiger charge is -2.17. The molecule has 0 spiro atoms. The van der Waals surface area contributed by atoms with Crippen molar-refractivity contribution in [2.75, 3.05) is 20.8 Å². The van der Waals surface area contributed by atoms with Gasteiger partial charge in [0.05, 0.1) is 31.6 Å². The highest BCUT2D eigenvalue weighted by Crippen LogP contribution is 2.27. The molecule has 0 radical (unpaired) electrons. The second-order valence-corrected chi connectivity index (χ2v) is 4.60. The van der Waals surface area contributed by atoms with Crippen LogP contribution in [0.3, 0.4) is 0 Å². The van der Waals surface area contributed by atoms with Gasteiger partial charge in [-0.2, -0.15) is 5.26 Å². The minimum Gasteiger partial charge on any atom is -0.493 e. The summed E-state index contributed by atoms with van der Waals surface area (Å²) in [6.45, 7) is 0.249. The zero-order valence-corrected chi connectivity index (χ0v) is 12.4. The minimum atomic E-state index is -0.192. The highest BCUT2D eigenvalue weighted by Gasteiger charge is 2.13. The first kappa shape index (κ1) is 15.4. The maximum atomic E-state index is 12.0. The van der Waals surface area contributed by atoms with Crippen LogP contribution < -0.4 is 9.47 Å². The average Bonchev–Trinajstić information content (AvgIpc) is 3.05. The first-order valence-electron chi connectivity index (χ1n) is 6.61. The quantitative estimate of drug-likeness (QED) is 0.817. The number of carbonyl (C=O) groups excluding carboxylic acids is 1. The molecule has 2 aromatic rings. The third kappa shape index (κ3) is 3.79. The molecule has 0 saturated heterocycles. The Labute approximate surface area is 128 Å². The molecule has 6 nitrogen and oxygen atoms in total. The Morgan fingerprint density at radius 1 is 1.36 bits per heavy atom. The molecule has 0 saturated carbocycles. The number of carbonyl (C=O) groups is 1. The number of methoxy groups -OCH3 is 1. The van der Waals surface area contributed by atoms with Crippen molar-refractivity contribution in [3.05, 3.63) is 47.9 Å². The van der Waals surface area contributed by atoms with Crippen LogP contribution in [0.5, 0.6) is 11.5 Å². The molecule has 1 heterocycles. The number of hydrogen-bond donors (Lipinski definition) is 0. The van der Waals surface area contributed by atoms with Gasteiger partial charge in [-0.05, 0) is 24.3 Å². The maximum absolute atomic E-state index is 12.0. The normalized spacial score (nSPS) is 9.86. The van der Waals surface area contributed by atoms with Crippen molar-refractivity contribution in [2.45, 2.75) is 6.54 Å². The van der Waals surface area contributed by atoms with Crippen LogP contribution in [0.15, 0.2) is 41.0 Å². The van der Waals surface area contributed by atoms with Crippen molar-refractivity contribution < 1.29 is 18.7 Å². The summed E-state index contributed by atoms with van der Waals surface area (Å²) in [5.41, 5.74) is 0.463. The van der Waals surface area contributed by atoms with E-state index >= 15 is 0 Å². The Balaban J connectivity index is 1.94. The van der Waals surface area contributed by atoms with E-state index in [9.17, 15) is 4.79 Å². The zero-order valence-electron chi connectivity index (χ0n) is 12.4. The summed E-state index contributed by atoms with van der Waals surface area (Å²) in [5.74, 6) is 1.34. The Morgan fingerprint density at radius 3 is 2.82 bits per heavy atom. The van der Waals surface area contributed by atoms with Crippen molar-refractivity contribution in [1.29, 1.82) is 5.26 Å². The predicted octanol–water partition coefficient (Wildman–Crippen LogP) is 2.20. The summed E-state index contributed by atoms with van der Waals surface area (Å²) in [7, 11) is 3.15. The number of rotatable bonds is 6. The average molecular weight is 300 g/mol. The van der Waals surface area contributed by atoms with Crippen molar-refractivity contribution in [2.24, 2.45) is 0 Å². The van der Waals surface area contributed by atoms with Gasteiger partial charge < -0.3 is 18.8 Å². The molecule has 0 aliphatic carbocycles. The fraction of sp³-hybridized carbons (Fsp3) is 0.250. The van der Waals surface area contributed by atoms with Gasteiger partial charge in [0.1, 0.15) is 5.76 Å². The minimum absolute atomic E-state index is 0.126. The molecule has 0 aliphatic rings. The van der Waals surface area contributed by atoms with Crippen LogP contribution in [0.1, 0.15) is 11.3 Å². The molecule has 1 aromatic heterocycles. The van der Waals surface area contributed by atoms with Crippen LogP contribution >= 0.6 is 0 Å². The molecule has 0 N–H and O–H groups in total. The molecule has 0 unspecified atom stereocenters. The van der Waals surface area contributed by atoms with Crippen molar-refractivity contribution in [1.82, 2.24) is 4.90 Å². The van der Waals surface area contributed by atoms with Crippen molar-refractivity contribution >= 4 is 5.91 Å². The number of nitriles is 1. The van der Waals surface area contributed by atoms with Gasteiger partial charge in [0.15, 0.2) is 18.1 Å². The van der Waals surface area contributed by atoms with E-state index in [4.69, 9.17) is 19.2 Å². The van der Waals surface area contributed by atoms with E-state index in [0.717, 1.165) is 0 Å². The first-order valence-corrected chi connectivity index (χ1v) is 6.61. The molecule has 1 amide bonds. The van der Waals surface area contributed by atoms with Gasteiger partial charge in [0.2, 0.25) is 0 Å². The number of benzene rings is 1. The monoisotopic (exact) mass is 300 g/mol. The number of likely N-dealkylation sites (N-methyl/N-ethyl adjacent to an activating group) is 1. The van der Waals surface area contributed by atoms with E-state index in [2.05, 4.69) is 0 Å². The SMILES string of the molecule is COc1cc(C#N)ccc1OCC(=O)N(C)Cc1ccco1. The fourth-order valence-electron chi connectivity index (χ4n) is 1.83. The number of amides is 1. The van der Waals surface area contributed by atoms with Crippen LogP contribution in [0.4, 0.5) is 0 Å². The van der Waals surface area contributed by atoms with E-state index in [1.54, 1.807) is 43.6 Å². The Kier molecular flexibility index (Phi) is 5.04. The third-order valence-corrected chi connectivity index (χ3v) is 3.04. The summed E-state index contributed by atoms with van der Waals surface area (Å²) in [6, 6.07) is 10.4. The van der Waals surface area contributed by atoms with E-state index in [0.29, 0.717) is 29.4 Å². The smallest absolute Gasteiger partial charge is 0.260 e. The lowest BCUT2D eigenvalue weighted by atomic mass is 10.2. The molecule has 0 aliphatic heterocycles. The summed E-state index contributed by atoms with van der Waals surface area (Å²) >= 11 is 0. The Hall–Kier alpha value is -2.94. The summed E-state index contributed by atoms with van der Waals surface area (Å²) < 4.78 is 15.8. The van der Waals surface area contributed by atoms with E-state index < -0.39 is 0 Å².